The lowest BCUT2D eigenvalue weighted by Crippen LogP contribution is -1.96. The summed E-state index contributed by atoms with van der Waals surface area (Å²) in [5, 5.41) is 4.94. The lowest BCUT2D eigenvalue weighted by Gasteiger charge is -2.14. The van der Waals surface area contributed by atoms with Crippen LogP contribution in [0.2, 0.25) is 0 Å². The van der Waals surface area contributed by atoms with Crippen LogP contribution in [0.4, 0.5) is 0 Å². The van der Waals surface area contributed by atoms with Gasteiger partial charge in [-0.25, -0.2) is 0 Å². The number of fused-ring (bicyclic) bond motifs is 6. The average molecular weight is 789 g/mol. The van der Waals surface area contributed by atoms with Crippen LogP contribution in [0.3, 0.4) is 0 Å². The molecule has 2 heterocycles. The summed E-state index contributed by atoms with van der Waals surface area (Å²) in [4.78, 5) is 0. The van der Waals surface area contributed by atoms with Crippen LogP contribution in [0, 0.1) is 0 Å². The van der Waals surface area contributed by atoms with Crippen molar-refractivity contribution in [2.75, 3.05) is 0 Å². The van der Waals surface area contributed by atoms with Crippen molar-refractivity contribution in [2.45, 2.75) is 0 Å². The first-order valence-electron chi connectivity index (χ1n) is 21.3. The van der Waals surface area contributed by atoms with Crippen molar-refractivity contribution in [3.8, 4) is 67.0 Å². The number of hydrogen-bond acceptors (Lipinski definition) is 0. The van der Waals surface area contributed by atoms with Crippen molar-refractivity contribution in [3.63, 3.8) is 0 Å². The van der Waals surface area contributed by atoms with Crippen LogP contribution < -0.4 is 0 Å². The molecule has 0 N–H and O–H groups in total. The zero-order valence-electron chi connectivity index (χ0n) is 34.0. The molecule has 0 aliphatic heterocycles. The highest BCUT2D eigenvalue weighted by atomic mass is 15.0. The monoisotopic (exact) mass is 788 g/mol. The van der Waals surface area contributed by atoms with E-state index < -0.39 is 0 Å². The van der Waals surface area contributed by atoms with Gasteiger partial charge in [-0.15, -0.1) is 0 Å². The van der Waals surface area contributed by atoms with E-state index in [1.54, 1.807) is 0 Å². The maximum absolute atomic E-state index is 2.47. The van der Waals surface area contributed by atoms with E-state index in [0.717, 1.165) is 11.4 Å². The highest BCUT2D eigenvalue weighted by Gasteiger charge is 2.19. The fraction of sp³-hybridized carbons (Fsp3) is 0. The Morgan fingerprint density at radius 1 is 0.210 bits per heavy atom. The van der Waals surface area contributed by atoms with E-state index in [2.05, 4.69) is 252 Å². The Bertz CT molecular complexity index is 3600. The highest BCUT2D eigenvalue weighted by Crippen LogP contribution is 2.42. The second-order valence-electron chi connectivity index (χ2n) is 16.1. The topological polar surface area (TPSA) is 9.86 Å². The minimum Gasteiger partial charge on any atom is -0.309 e. The summed E-state index contributed by atoms with van der Waals surface area (Å²) in [6, 6.07) is 88.4. The van der Waals surface area contributed by atoms with Gasteiger partial charge >= 0.3 is 0 Å². The van der Waals surface area contributed by atoms with Crippen molar-refractivity contribution < 1.29 is 0 Å². The Morgan fingerprint density at radius 2 is 0.597 bits per heavy atom. The van der Waals surface area contributed by atoms with E-state index in [1.165, 1.54) is 99.2 Å². The van der Waals surface area contributed by atoms with Gasteiger partial charge in [0.2, 0.25) is 0 Å². The second kappa shape index (κ2) is 14.8. The molecule has 0 unspecified atom stereocenters. The molecule has 12 rings (SSSR count). The Hall–Kier alpha value is -8.20. The number of para-hydroxylation sites is 2. The minimum atomic E-state index is 1.14. The van der Waals surface area contributed by atoms with Gasteiger partial charge in [0.1, 0.15) is 0 Å². The summed E-state index contributed by atoms with van der Waals surface area (Å²) in [6.07, 6.45) is 0. The van der Waals surface area contributed by atoms with Gasteiger partial charge in [-0.05, 0) is 105 Å². The van der Waals surface area contributed by atoms with E-state index in [0.29, 0.717) is 0 Å². The second-order valence-corrected chi connectivity index (χ2v) is 16.1. The van der Waals surface area contributed by atoms with Gasteiger partial charge < -0.3 is 9.13 Å². The molecule has 0 aliphatic rings. The summed E-state index contributed by atoms with van der Waals surface area (Å²) in [5.74, 6) is 0. The van der Waals surface area contributed by atoms with Crippen LogP contribution in [0.5, 0.6) is 0 Å². The predicted octanol–water partition coefficient (Wildman–Crippen LogP) is 16.2. The first-order valence-corrected chi connectivity index (χ1v) is 21.3. The van der Waals surface area contributed by atoms with Crippen LogP contribution >= 0.6 is 0 Å². The molecule has 2 heteroatoms. The number of rotatable bonds is 7. The predicted molar refractivity (Wildman–Crippen MR) is 262 cm³/mol. The summed E-state index contributed by atoms with van der Waals surface area (Å²) in [6.45, 7) is 0. The van der Waals surface area contributed by atoms with E-state index in [9.17, 15) is 0 Å². The van der Waals surface area contributed by atoms with Gasteiger partial charge in [-0.1, -0.05) is 188 Å². The van der Waals surface area contributed by atoms with Crippen molar-refractivity contribution in [3.05, 3.63) is 243 Å². The number of benzene rings is 10. The largest absolute Gasteiger partial charge is 0.309 e. The van der Waals surface area contributed by atoms with Crippen LogP contribution in [0.25, 0.3) is 111 Å². The summed E-state index contributed by atoms with van der Waals surface area (Å²) >= 11 is 0. The molecule has 0 aliphatic carbocycles. The van der Waals surface area contributed by atoms with Crippen LogP contribution in [-0.2, 0) is 0 Å². The first-order chi connectivity index (χ1) is 30.7. The zero-order chi connectivity index (χ0) is 41.0. The first kappa shape index (κ1) is 35.7. The highest BCUT2D eigenvalue weighted by molar-refractivity contribution is 6.15. The third-order valence-corrected chi connectivity index (χ3v) is 12.5. The normalized spacial score (nSPS) is 11.5. The molecule has 0 radical (unpaired) electrons. The summed E-state index contributed by atoms with van der Waals surface area (Å²) < 4.78 is 4.89. The standard InChI is InChI=1S/C60H40N2/c1-4-15-41(16-5-1)44-29-31-45(32-30-44)52-26-14-27-54-56-40-49(34-36-59(56)62(60(52)54)51-24-13-22-47(38-51)43-19-8-3-9-20-43)48-33-35-58-55(39-48)53-25-10-11-28-57(53)61(58)50-23-12-21-46(37-50)42-17-6-2-7-18-42/h1-40H. The van der Waals surface area contributed by atoms with Crippen molar-refractivity contribution in [2.24, 2.45) is 0 Å². The Kier molecular flexibility index (Phi) is 8.53. The van der Waals surface area contributed by atoms with Crippen LogP contribution in [-0.4, -0.2) is 9.13 Å². The van der Waals surface area contributed by atoms with Crippen LogP contribution in [0.1, 0.15) is 0 Å². The number of aromatic nitrogens is 2. The van der Waals surface area contributed by atoms with E-state index in [1.807, 2.05) is 0 Å². The van der Waals surface area contributed by atoms with Gasteiger partial charge in [0.25, 0.3) is 0 Å². The molecule has 290 valence electrons. The molecule has 0 spiro atoms. The molecule has 0 saturated carbocycles. The fourth-order valence-electron chi connectivity index (χ4n) is 9.56. The summed E-state index contributed by atoms with van der Waals surface area (Å²) in [7, 11) is 0. The molecule has 12 aromatic rings. The van der Waals surface area contributed by atoms with Gasteiger partial charge in [0.05, 0.1) is 22.1 Å². The smallest absolute Gasteiger partial charge is 0.0619 e. The van der Waals surface area contributed by atoms with Gasteiger partial charge in [0.15, 0.2) is 0 Å². The molecule has 0 amide bonds. The molecule has 10 aromatic carbocycles. The number of hydrogen-bond donors (Lipinski definition) is 0. The van der Waals surface area contributed by atoms with E-state index >= 15 is 0 Å². The molecular formula is C60H40N2. The molecule has 62 heavy (non-hydrogen) atoms. The quantitative estimate of drug-likeness (QED) is 0.152. The van der Waals surface area contributed by atoms with Gasteiger partial charge in [-0.2, -0.15) is 0 Å². The van der Waals surface area contributed by atoms with Crippen molar-refractivity contribution >= 4 is 43.6 Å². The summed E-state index contributed by atoms with van der Waals surface area (Å²) in [5.41, 5.74) is 19.1. The zero-order valence-corrected chi connectivity index (χ0v) is 34.0. The van der Waals surface area contributed by atoms with Crippen molar-refractivity contribution in [1.29, 1.82) is 0 Å². The lowest BCUT2D eigenvalue weighted by molar-refractivity contribution is 1.18. The Morgan fingerprint density at radius 3 is 1.21 bits per heavy atom. The van der Waals surface area contributed by atoms with E-state index in [-0.39, 0.29) is 0 Å². The molecule has 0 atom stereocenters. The molecule has 0 fully saturated rings. The maximum Gasteiger partial charge on any atom is 0.0619 e. The minimum absolute atomic E-state index is 1.14. The molecule has 2 nitrogen and oxygen atoms in total. The molecular weight excluding hydrogens is 749 g/mol. The van der Waals surface area contributed by atoms with Gasteiger partial charge in [0, 0.05) is 38.5 Å². The SMILES string of the molecule is c1ccc(-c2ccc(-c3cccc4c5cc(-c6ccc7c(c6)c6ccccc6n7-c6cccc(-c7ccccc7)c6)ccc5n(-c5cccc(-c6ccccc6)c5)c34)cc2)cc1. The average Bonchev–Trinajstić information content (AvgIpc) is 3.87. The van der Waals surface area contributed by atoms with Crippen LogP contribution in [0.15, 0.2) is 243 Å². The third kappa shape index (κ3) is 6.04. The fourth-order valence-corrected chi connectivity index (χ4v) is 9.56. The van der Waals surface area contributed by atoms with Crippen molar-refractivity contribution in [1.82, 2.24) is 9.13 Å². The Balaban J connectivity index is 1.03. The Labute approximate surface area is 360 Å². The third-order valence-electron chi connectivity index (χ3n) is 12.5. The molecule has 0 saturated heterocycles. The lowest BCUT2D eigenvalue weighted by atomic mass is 9.97. The number of nitrogens with zero attached hydrogens (tertiary/aromatic N) is 2. The van der Waals surface area contributed by atoms with E-state index in [4.69, 9.17) is 0 Å². The van der Waals surface area contributed by atoms with Gasteiger partial charge in [-0.3, -0.25) is 0 Å². The molecule has 0 bridgehead atoms. The maximum atomic E-state index is 2.47. The molecule has 2 aromatic heterocycles.